The maximum absolute atomic E-state index is 11.9. The Hall–Kier alpha value is -2.18. The first-order chi connectivity index (χ1) is 10.6. The molecular weight excluding hydrogens is 302 g/mol. The fourth-order valence-electron chi connectivity index (χ4n) is 1.69. The van der Waals surface area contributed by atoms with Gasteiger partial charge in [-0.1, -0.05) is 23.7 Å². The van der Waals surface area contributed by atoms with Crippen molar-refractivity contribution in [2.45, 2.75) is 0 Å². The van der Waals surface area contributed by atoms with E-state index in [1.807, 2.05) is 37.2 Å². The van der Waals surface area contributed by atoms with Gasteiger partial charge in [0.1, 0.15) is 11.5 Å². The largest absolute Gasteiger partial charge is 0.349 e. The molecule has 2 aromatic rings. The van der Waals surface area contributed by atoms with E-state index in [-0.39, 0.29) is 11.6 Å². The average molecular weight is 320 g/mol. The van der Waals surface area contributed by atoms with Crippen molar-refractivity contribution in [1.29, 1.82) is 0 Å². The first-order valence-electron chi connectivity index (χ1n) is 6.83. The van der Waals surface area contributed by atoms with Crippen molar-refractivity contribution in [3.63, 3.8) is 0 Å². The molecule has 0 spiro atoms. The van der Waals surface area contributed by atoms with Crippen molar-refractivity contribution in [3.05, 3.63) is 47.4 Å². The van der Waals surface area contributed by atoms with Gasteiger partial charge in [-0.05, 0) is 26.2 Å². The summed E-state index contributed by atoms with van der Waals surface area (Å²) in [6.45, 7) is 1.33. The van der Waals surface area contributed by atoms with Gasteiger partial charge in [0.15, 0.2) is 0 Å². The van der Waals surface area contributed by atoms with Crippen LogP contribution in [0.1, 0.15) is 10.5 Å². The highest BCUT2D eigenvalue weighted by Gasteiger charge is 2.08. The minimum atomic E-state index is -0.237. The Labute approximate surface area is 134 Å². The van der Waals surface area contributed by atoms with Crippen LogP contribution >= 0.6 is 11.6 Å². The Kier molecular flexibility index (Phi) is 5.68. The lowest BCUT2D eigenvalue weighted by atomic mass is 10.3. The van der Waals surface area contributed by atoms with Crippen molar-refractivity contribution in [2.24, 2.45) is 0 Å². The van der Waals surface area contributed by atoms with Crippen LogP contribution in [-0.2, 0) is 0 Å². The smallest absolute Gasteiger partial charge is 0.271 e. The van der Waals surface area contributed by atoms with Crippen LogP contribution in [-0.4, -0.2) is 48.0 Å². The molecule has 2 rings (SSSR count). The zero-order valence-electron chi connectivity index (χ0n) is 12.5. The van der Waals surface area contributed by atoms with E-state index in [0.717, 1.165) is 12.2 Å². The number of hydrogen-bond acceptors (Lipinski definition) is 5. The summed E-state index contributed by atoms with van der Waals surface area (Å²) in [6.07, 6.45) is 2.94. The number of nitrogens with one attached hydrogen (secondary N) is 2. The number of carbonyl (C=O) groups excluding carboxylic acids is 1. The number of para-hydroxylation sites is 1. The highest BCUT2D eigenvalue weighted by molar-refractivity contribution is 6.33. The van der Waals surface area contributed by atoms with E-state index in [2.05, 4.69) is 20.6 Å². The molecule has 22 heavy (non-hydrogen) atoms. The number of anilines is 2. The second kappa shape index (κ2) is 7.72. The van der Waals surface area contributed by atoms with Gasteiger partial charge < -0.3 is 15.5 Å². The summed E-state index contributed by atoms with van der Waals surface area (Å²) in [7, 11) is 3.89. The van der Waals surface area contributed by atoms with Gasteiger partial charge >= 0.3 is 0 Å². The molecule has 1 aromatic carbocycles. The van der Waals surface area contributed by atoms with Gasteiger partial charge in [-0.15, -0.1) is 0 Å². The van der Waals surface area contributed by atoms with E-state index in [4.69, 9.17) is 11.6 Å². The number of amides is 1. The number of benzene rings is 1. The van der Waals surface area contributed by atoms with Crippen LogP contribution in [0.3, 0.4) is 0 Å². The molecule has 116 valence electrons. The monoisotopic (exact) mass is 319 g/mol. The van der Waals surface area contributed by atoms with Gasteiger partial charge in [0, 0.05) is 13.1 Å². The molecule has 0 fully saturated rings. The molecule has 1 aromatic heterocycles. The lowest BCUT2D eigenvalue weighted by Crippen LogP contribution is -2.31. The normalized spacial score (nSPS) is 10.5. The molecule has 0 aliphatic rings. The molecule has 0 aliphatic carbocycles. The molecule has 0 aliphatic heterocycles. The second-order valence-corrected chi connectivity index (χ2v) is 5.36. The van der Waals surface area contributed by atoms with Gasteiger partial charge in [0.2, 0.25) is 0 Å². The Balaban J connectivity index is 1.95. The zero-order chi connectivity index (χ0) is 15.9. The number of rotatable bonds is 6. The van der Waals surface area contributed by atoms with Crippen LogP contribution in [0.4, 0.5) is 11.5 Å². The minimum absolute atomic E-state index is 0.237. The molecular formula is C15H18ClN5O. The third-order valence-electron chi connectivity index (χ3n) is 2.87. The fraction of sp³-hybridized carbons (Fsp3) is 0.267. The molecule has 7 heteroatoms. The van der Waals surface area contributed by atoms with Crippen LogP contribution < -0.4 is 10.6 Å². The minimum Gasteiger partial charge on any atom is -0.349 e. The molecule has 1 amide bonds. The number of halogens is 1. The fourth-order valence-corrected chi connectivity index (χ4v) is 1.88. The zero-order valence-corrected chi connectivity index (χ0v) is 13.3. The van der Waals surface area contributed by atoms with E-state index < -0.39 is 0 Å². The molecule has 0 saturated carbocycles. The Morgan fingerprint density at radius 2 is 2.00 bits per heavy atom. The summed E-state index contributed by atoms with van der Waals surface area (Å²) >= 11 is 6.06. The van der Waals surface area contributed by atoms with Gasteiger partial charge in [-0.3, -0.25) is 4.79 Å². The number of carbonyl (C=O) groups is 1. The summed E-state index contributed by atoms with van der Waals surface area (Å²) in [5.74, 6) is 0.289. The summed E-state index contributed by atoms with van der Waals surface area (Å²) in [6, 6.07) is 7.34. The second-order valence-electron chi connectivity index (χ2n) is 4.95. The molecule has 0 saturated heterocycles. The number of aromatic nitrogens is 2. The highest BCUT2D eigenvalue weighted by Crippen LogP contribution is 2.23. The van der Waals surface area contributed by atoms with Crippen LogP contribution in [0.15, 0.2) is 36.7 Å². The van der Waals surface area contributed by atoms with Crippen molar-refractivity contribution in [1.82, 2.24) is 20.2 Å². The Morgan fingerprint density at radius 3 is 2.64 bits per heavy atom. The van der Waals surface area contributed by atoms with Gasteiger partial charge in [0.25, 0.3) is 5.91 Å². The third-order valence-corrected chi connectivity index (χ3v) is 3.20. The maximum Gasteiger partial charge on any atom is 0.271 e. The van der Waals surface area contributed by atoms with Crippen LogP contribution in [0.5, 0.6) is 0 Å². The number of nitrogens with zero attached hydrogens (tertiary/aromatic N) is 3. The van der Waals surface area contributed by atoms with E-state index >= 15 is 0 Å². The number of likely N-dealkylation sites (N-methyl/N-ethyl adjacent to an activating group) is 1. The summed E-state index contributed by atoms with van der Waals surface area (Å²) in [5.41, 5.74) is 1.02. The van der Waals surface area contributed by atoms with Gasteiger partial charge in [-0.2, -0.15) is 0 Å². The summed E-state index contributed by atoms with van der Waals surface area (Å²) in [4.78, 5) is 22.1. The first-order valence-corrected chi connectivity index (χ1v) is 7.20. The Morgan fingerprint density at radius 1 is 1.23 bits per heavy atom. The maximum atomic E-state index is 11.9. The average Bonchev–Trinajstić information content (AvgIpc) is 2.50. The number of hydrogen-bond donors (Lipinski definition) is 2. The Bertz CT molecular complexity index is 630. The predicted molar refractivity (Wildman–Crippen MR) is 87.7 cm³/mol. The molecule has 0 radical (unpaired) electrons. The van der Waals surface area contributed by atoms with Crippen molar-refractivity contribution in [2.75, 3.05) is 32.5 Å². The molecule has 0 atom stereocenters. The predicted octanol–water partition coefficient (Wildman–Crippen LogP) is 2.17. The summed E-state index contributed by atoms with van der Waals surface area (Å²) < 4.78 is 0. The lowest BCUT2D eigenvalue weighted by molar-refractivity contribution is 0.0945. The van der Waals surface area contributed by atoms with E-state index in [1.54, 1.807) is 6.07 Å². The quantitative estimate of drug-likeness (QED) is 0.854. The molecule has 0 unspecified atom stereocenters. The highest BCUT2D eigenvalue weighted by atomic mass is 35.5. The van der Waals surface area contributed by atoms with Crippen molar-refractivity contribution in [3.8, 4) is 0 Å². The lowest BCUT2D eigenvalue weighted by Gasteiger charge is -2.10. The molecule has 6 nitrogen and oxygen atoms in total. The van der Waals surface area contributed by atoms with E-state index in [9.17, 15) is 4.79 Å². The SMILES string of the molecule is CN(C)CCNC(=O)c1cnc(Nc2ccccc2Cl)cn1. The molecule has 1 heterocycles. The van der Waals surface area contributed by atoms with E-state index in [0.29, 0.717) is 17.4 Å². The van der Waals surface area contributed by atoms with Crippen LogP contribution in [0, 0.1) is 0 Å². The van der Waals surface area contributed by atoms with Gasteiger partial charge in [0.05, 0.1) is 23.1 Å². The van der Waals surface area contributed by atoms with Gasteiger partial charge in [-0.25, -0.2) is 9.97 Å². The van der Waals surface area contributed by atoms with Crippen LogP contribution in [0.2, 0.25) is 5.02 Å². The van der Waals surface area contributed by atoms with Crippen LogP contribution in [0.25, 0.3) is 0 Å². The molecule has 2 N–H and O–H groups in total. The third kappa shape index (κ3) is 4.68. The topological polar surface area (TPSA) is 70.2 Å². The van der Waals surface area contributed by atoms with Crippen molar-refractivity contribution < 1.29 is 4.79 Å². The van der Waals surface area contributed by atoms with Crippen molar-refractivity contribution >= 4 is 29.0 Å². The standard InChI is InChI=1S/C15H18ClN5O/c1-21(2)8-7-17-15(22)13-9-19-14(10-18-13)20-12-6-4-3-5-11(12)16/h3-6,9-10H,7-8H2,1-2H3,(H,17,22)(H,19,20). The first kappa shape index (κ1) is 16.2. The summed E-state index contributed by atoms with van der Waals surface area (Å²) in [5, 5.41) is 6.43. The molecule has 0 bridgehead atoms. The van der Waals surface area contributed by atoms with E-state index in [1.165, 1.54) is 12.4 Å².